The van der Waals surface area contributed by atoms with E-state index in [2.05, 4.69) is 31.0 Å². The van der Waals surface area contributed by atoms with E-state index >= 15 is 0 Å². The second-order valence-electron chi connectivity index (χ2n) is 5.60. The lowest BCUT2D eigenvalue weighted by molar-refractivity contribution is 0.281. The molecule has 1 fully saturated rings. The molecule has 3 heteroatoms. The largest absolute Gasteiger partial charge is 0.392 e. The minimum absolute atomic E-state index is 0.0851. The Morgan fingerprint density at radius 3 is 2.65 bits per heavy atom. The first-order valence-corrected chi connectivity index (χ1v) is 7.93. The highest BCUT2D eigenvalue weighted by molar-refractivity contribution is 8.04. The molecule has 0 aromatic heterocycles. The van der Waals surface area contributed by atoms with Gasteiger partial charge in [-0.15, -0.1) is 0 Å². The zero-order chi connectivity index (χ0) is 14.5. The Hall–Kier alpha value is -1.24. The van der Waals surface area contributed by atoms with Gasteiger partial charge in [-0.25, -0.2) is 0 Å². The van der Waals surface area contributed by atoms with Crippen LogP contribution in [-0.4, -0.2) is 10.4 Å². The van der Waals surface area contributed by atoms with Gasteiger partial charge < -0.3 is 5.11 Å². The molecule has 1 aliphatic rings. The van der Waals surface area contributed by atoms with E-state index in [4.69, 9.17) is 10.4 Å². The van der Waals surface area contributed by atoms with Crippen LogP contribution in [0, 0.1) is 16.6 Å². The smallest absolute Gasteiger partial charge is 0.133 e. The zero-order valence-corrected chi connectivity index (χ0v) is 12.7. The molecule has 0 spiro atoms. The summed E-state index contributed by atoms with van der Waals surface area (Å²) in [6.07, 6.45) is 3.25. The van der Waals surface area contributed by atoms with Gasteiger partial charge in [0.25, 0.3) is 0 Å². The highest BCUT2D eigenvalue weighted by Crippen LogP contribution is 2.44. The average Bonchev–Trinajstić information content (AvgIpc) is 2.47. The number of aliphatic hydroxyl groups excluding tert-OH is 1. The Labute approximate surface area is 125 Å². The summed E-state index contributed by atoms with van der Waals surface area (Å²) < 4.78 is 0. The third-order valence-corrected chi connectivity index (χ3v) is 5.11. The van der Waals surface area contributed by atoms with Crippen molar-refractivity contribution in [2.24, 2.45) is 5.92 Å². The van der Waals surface area contributed by atoms with E-state index in [1.165, 1.54) is 22.9 Å². The van der Waals surface area contributed by atoms with Crippen molar-refractivity contribution in [3.63, 3.8) is 0 Å². The van der Waals surface area contributed by atoms with Crippen LogP contribution < -0.4 is 0 Å². The number of nitriles is 1. The predicted octanol–water partition coefficient (Wildman–Crippen LogP) is 4.22. The van der Waals surface area contributed by atoms with Gasteiger partial charge in [-0.1, -0.05) is 36.4 Å². The quantitative estimate of drug-likeness (QED) is 0.666. The SMILES string of the molecule is C=C(C)[C@@H]1CCC(SC#N)C[C@H]1c1ccc(CO)cc1. The Bertz CT molecular complexity index is 503. The van der Waals surface area contributed by atoms with Crippen molar-refractivity contribution in [1.29, 1.82) is 5.26 Å². The van der Waals surface area contributed by atoms with Crippen molar-refractivity contribution in [1.82, 2.24) is 0 Å². The van der Waals surface area contributed by atoms with E-state index in [0.717, 1.165) is 24.8 Å². The fourth-order valence-corrected chi connectivity index (χ4v) is 3.85. The van der Waals surface area contributed by atoms with Gasteiger partial charge in [0.15, 0.2) is 0 Å². The second kappa shape index (κ2) is 6.97. The molecule has 0 amide bonds. The monoisotopic (exact) mass is 287 g/mol. The molecule has 0 saturated heterocycles. The molecule has 1 saturated carbocycles. The first-order valence-electron chi connectivity index (χ1n) is 7.05. The molecule has 1 aromatic rings. The highest BCUT2D eigenvalue weighted by Gasteiger charge is 2.32. The fraction of sp³-hybridized carbons (Fsp3) is 0.471. The maximum Gasteiger partial charge on any atom is 0.133 e. The van der Waals surface area contributed by atoms with Gasteiger partial charge in [0, 0.05) is 5.25 Å². The van der Waals surface area contributed by atoms with Gasteiger partial charge in [0.05, 0.1) is 6.61 Å². The number of hydrogen-bond acceptors (Lipinski definition) is 3. The fourth-order valence-electron chi connectivity index (χ4n) is 3.14. The van der Waals surface area contributed by atoms with Crippen LogP contribution in [0.2, 0.25) is 0 Å². The molecule has 1 aromatic carbocycles. The van der Waals surface area contributed by atoms with Gasteiger partial charge in [-0.05, 0) is 60.9 Å². The number of thiocyanates is 1. The Morgan fingerprint density at radius 1 is 1.40 bits per heavy atom. The minimum atomic E-state index is 0.0851. The molecule has 0 heterocycles. The number of allylic oxidation sites excluding steroid dienone is 1. The first-order chi connectivity index (χ1) is 9.65. The maximum atomic E-state index is 9.14. The average molecular weight is 287 g/mol. The van der Waals surface area contributed by atoms with Crippen LogP contribution >= 0.6 is 11.8 Å². The van der Waals surface area contributed by atoms with Crippen molar-refractivity contribution < 1.29 is 5.11 Å². The molecule has 20 heavy (non-hydrogen) atoms. The summed E-state index contributed by atoms with van der Waals surface area (Å²) >= 11 is 1.41. The first kappa shape index (κ1) is 15.2. The number of benzene rings is 1. The molecule has 1 aliphatic carbocycles. The van der Waals surface area contributed by atoms with E-state index in [1.807, 2.05) is 12.1 Å². The zero-order valence-electron chi connectivity index (χ0n) is 11.9. The third kappa shape index (κ3) is 3.45. The number of aliphatic hydroxyl groups is 1. The third-order valence-electron chi connectivity index (χ3n) is 4.24. The van der Waals surface area contributed by atoms with Gasteiger partial charge in [-0.2, -0.15) is 5.26 Å². The molecule has 1 N–H and O–H groups in total. The Kier molecular flexibility index (Phi) is 5.28. The number of hydrogen-bond donors (Lipinski definition) is 1. The van der Waals surface area contributed by atoms with Crippen LogP contribution in [0.5, 0.6) is 0 Å². The normalized spacial score (nSPS) is 25.9. The van der Waals surface area contributed by atoms with Crippen molar-refractivity contribution in [3.05, 3.63) is 47.5 Å². The van der Waals surface area contributed by atoms with Crippen molar-refractivity contribution in [2.45, 2.75) is 44.0 Å². The summed E-state index contributed by atoms with van der Waals surface area (Å²) in [5, 5.41) is 20.7. The van der Waals surface area contributed by atoms with E-state index in [9.17, 15) is 0 Å². The summed E-state index contributed by atoms with van der Waals surface area (Å²) in [5.74, 6) is 0.949. The second-order valence-corrected chi connectivity index (χ2v) is 6.69. The molecule has 2 rings (SSSR count). The Balaban J connectivity index is 2.21. The van der Waals surface area contributed by atoms with Gasteiger partial charge in [0.1, 0.15) is 5.40 Å². The molecule has 106 valence electrons. The number of nitrogens with zero attached hydrogens (tertiary/aromatic N) is 1. The predicted molar refractivity (Wildman–Crippen MR) is 84.3 cm³/mol. The molecular weight excluding hydrogens is 266 g/mol. The Morgan fingerprint density at radius 2 is 2.10 bits per heavy atom. The van der Waals surface area contributed by atoms with Crippen LogP contribution in [-0.2, 0) is 6.61 Å². The molecule has 1 unspecified atom stereocenters. The maximum absolute atomic E-state index is 9.14. The summed E-state index contributed by atoms with van der Waals surface area (Å²) in [7, 11) is 0. The molecular formula is C17H21NOS. The number of thioether (sulfide) groups is 1. The van der Waals surface area contributed by atoms with E-state index in [1.54, 1.807) is 0 Å². The summed E-state index contributed by atoms with van der Waals surface area (Å²) in [6, 6.07) is 8.22. The molecule has 0 bridgehead atoms. The van der Waals surface area contributed by atoms with Gasteiger partial charge in [0.2, 0.25) is 0 Å². The van der Waals surface area contributed by atoms with E-state index in [-0.39, 0.29) is 6.61 Å². The van der Waals surface area contributed by atoms with Crippen molar-refractivity contribution in [3.8, 4) is 5.40 Å². The molecule has 0 radical (unpaired) electrons. The van der Waals surface area contributed by atoms with Crippen LogP contribution in [0.15, 0.2) is 36.4 Å². The highest BCUT2D eigenvalue weighted by atomic mass is 32.2. The van der Waals surface area contributed by atoms with Gasteiger partial charge in [-0.3, -0.25) is 0 Å². The topological polar surface area (TPSA) is 44.0 Å². The van der Waals surface area contributed by atoms with E-state index < -0.39 is 0 Å². The molecule has 3 atom stereocenters. The van der Waals surface area contributed by atoms with Crippen molar-refractivity contribution in [2.75, 3.05) is 0 Å². The lowest BCUT2D eigenvalue weighted by atomic mass is 9.72. The standard InChI is InChI=1S/C17H21NOS/c1-12(2)16-8-7-15(20-11-18)9-17(16)14-5-3-13(10-19)4-6-14/h3-6,15-17,19H,1,7-10H2,2H3/t15?,16-,17-/m0/s1. The molecule has 0 aliphatic heterocycles. The summed E-state index contributed by atoms with van der Waals surface area (Å²) in [4.78, 5) is 0. The summed E-state index contributed by atoms with van der Waals surface area (Å²) in [5.41, 5.74) is 3.49. The van der Waals surface area contributed by atoms with E-state index in [0.29, 0.717) is 17.1 Å². The molecule has 2 nitrogen and oxygen atoms in total. The van der Waals surface area contributed by atoms with Gasteiger partial charge >= 0.3 is 0 Å². The lowest BCUT2D eigenvalue weighted by Gasteiger charge is -2.36. The van der Waals surface area contributed by atoms with Crippen molar-refractivity contribution >= 4 is 11.8 Å². The summed E-state index contributed by atoms with van der Waals surface area (Å²) in [6.45, 7) is 6.34. The van der Waals surface area contributed by atoms with Crippen LogP contribution in [0.3, 0.4) is 0 Å². The van der Waals surface area contributed by atoms with Crippen LogP contribution in [0.25, 0.3) is 0 Å². The number of rotatable bonds is 4. The lowest BCUT2D eigenvalue weighted by Crippen LogP contribution is -2.25. The van der Waals surface area contributed by atoms with Crippen LogP contribution in [0.4, 0.5) is 0 Å². The minimum Gasteiger partial charge on any atom is -0.392 e. The van der Waals surface area contributed by atoms with Crippen LogP contribution in [0.1, 0.15) is 43.2 Å².